The van der Waals surface area contributed by atoms with Gasteiger partial charge >= 0.3 is 12.1 Å². The van der Waals surface area contributed by atoms with Crippen LogP contribution < -0.4 is 0 Å². The van der Waals surface area contributed by atoms with Crippen molar-refractivity contribution in [3.63, 3.8) is 0 Å². The Hall–Kier alpha value is -0.940. The van der Waals surface area contributed by atoms with Gasteiger partial charge in [0.2, 0.25) is 0 Å². The third-order valence-corrected chi connectivity index (χ3v) is 0.419. The van der Waals surface area contributed by atoms with Crippen LogP contribution in [-0.2, 0) is 0 Å². The minimum absolute atomic E-state index is 0.0382. The van der Waals surface area contributed by atoms with Crippen molar-refractivity contribution < 1.29 is 4.33 Å². The van der Waals surface area contributed by atoms with Gasteiger partial charge < -0.3 is 0 Å². The fourth-order valence-electron chi connectivity index (χ4n) is 0.0461. The second-order valence-corrected chi connectivity index (χ2v) is 1.10. The van der Waals surface area contributed by atoms with Gasteiger partial charge in [-0.1, -0.05) is 0 Å². The molecule has 0 spiro atoms. The topological polar surface area (TPSA) is 91.9 Å². The lowest BCUT2D eigenvalue weighted by molar-refractivity contribution is -0.284. The molecule has 0 aliphatic carbocycles. The number of azide groups is 1. The minimum Gasteiger partial charge on any atom is -0.250 e. The SMILES string of the molecule is [N-]=[N+]=NS[N+](=O)[O-]. The van der Waals surface area contributed by atoms with E-state index in [1.165, 1.54) is 0 Å². The fraction of sp³-hybridized carbons (Fsp3) is 0. The highest BCUT2D eigenvalue weighted by Gasteiger charge is 1.90. The summed E-state index contributed by atoms with van der Waals surface area (Å²) >= 11 is -0.0382. The second-order valence-electron chi connectivity index (χ2n) is 0.476. The van der Waals surface area contributed by atoms with Gasteiger partial charge in [0.15, 0.2) is 0 Å². The largest absolute Gasteiger partial charge is 0.330 e. The molecule has 0 rings (SSSR count). The van der Waals surface area contributed by atoms with E-state index in [1.807, 2.05) is 0 Å². The predicted molar refractivity (Wildman–Crippen MR) is 23.7 cm³/mol. The molecule has 0 aromatic heterocycles. The zero-order valence-electron chi connectivity index (χ0n) is 3.01. The summed E-state index contributed by atoms with van der Waals surface area (Å²) in [6.45, 7) is 0. The molecule has 7 heteroatoms. The molecule has 0 radical (unpaired) electrons. The summed E-state index contributed by atoms with van der Waals surface area (Å²) in [6.07, 6.45) is 0. The second kappa shape index (κ2) is 3.26. The van der Waals surface area contributed by atoms with Gasteiger partial charge in [-0.3, -0.25) is 10.1 Å². The van der Waals surface area contributed by atoms with E-state index in [0.29, 0.717) is 0 Å². The van der Waals surface area contributed by atoms with Crippen molar-refractivity contribution in [3.8, 4) is 0 Å². The molecule has 7 heavy (non-hydrogen) atoms. The van der Waals surface area contributed by atoms with Crippen LogP contribution in [0.25, 0.3) is 10.4 Å². The zero-order valence-corrected chi connectivity index (χ0v) is 3.83. The van der Waals surface area contributed by atoms with Crippen LogP contribution >= 0.6 is 12.1 Å². The Morgan fingerprint density at radius 1 is 2.00 bits per heavy atom. The average molecular weight is 120 g/mol. The number of rotatable bonds is 2. The summed E-state index contributed by atoms with van der Waals surface area (Å²) in [5.41, 5.74) is 7.45. The van der Waals surface area contributed by atoms with Gasteiger partial charge in [-0.25, -0.2) is 0 Å². The first-order chi connectivity index (χ1) is 3.27. The molecule has 0 aliphatic heterocycles. The number of hydrogen-bond acceptors (Lipinski definition) is 4. The molecule has 38 valence electrons. The molecular formula is N4O2S. The monoisotopic (exact) mass is 120 g/mol. The van der Waals surface area contributed by atoms with E-state index in [-0.39, 0.29) is 12.1 Å². The number of hydrogen-bond donors (Lipinski definition) is 0. The lowest BCUT2D eigenvalue weighted by atomic mass is 13.0. The Morgan fingerprint density at radius 2 is 2.57 bits per heavy atom. The Balaban J connectivity index is 3.32. The summed E-state index contributed by atoms with van der Waals surface area (Å²) in [6, 6.07) is 0. The molecule has 0 saturated carbocycles. The van der Waals surface area contributed by atoms with Crippen LogP contribution in [-0.4, -0.2) is 4.33 Å². The summed E-state index contributed by atoms with van der Waals surface area (Å²) in [4.78, 5) is 11.4. The van der Waals surface area contributed by atoms with Crippen LogP contribution in [0, 0.1) is 10.1 Å². The molecule has 0 atom stereocenters. The van der Waals surface area contributed by atoms with Crippen molar-refractivity contribution in [2.24, 2.45) is 4.52 Å². The molecule has 0 aliphatic rings. The molecule has 0 aromatic rings. The maximum atomic E-state index is 9.26. The third-order valence-electron chi connectivity index (χ3n) is 0.140. The highest BCUT2D eigenvalue weighted by atomic mass is 32.2. The van der Waals surface area contributed by atoms with E-state index in [0.717, 1.165) is 0 Å². The van der Waals surface area contributed by atoms with Crippen LogP contribution in [0.2, 0.25) is 0 Å². The van der Waals surface area contributed by atoms with Gasteiger partial charge in [0.05, 0.1) is 0 Å². The Bertz CT molecular complexity index is 113. The standard InChI is InChI=1S/N4O2S/c1-2-3-7-4(5)6. The average Bonchev–Trinajstić information content (AvgIpc) is 1.61. The van der Waals surface area contributed by atoms with E-state index in [4.69, 9.17) is 5.53 Å². The molecule has 0 heterocycles. The molecule has 0 amide bonds. The summed E-state index contributed by atoms with van der Waals surface area (Å²) in [5.74, 6) is 0. The lowest BCUT2D eigenvalue weighted by Crippen LogP contribution is -1.74. The first-order valence-electron chi connectivity index (χ1n) is 1.13. The molecule has 0 bridgehead atoms. The Labute approximate surface area is 42.6 Å². The van der Waals surface area contributed by atoms with Crippen LogP contribution in [0.4, 0.5) is 0 Å². The van der Waals surface area contributed by atoms with Gasteiger partial charge in [0.1, 0.15) is 4.33 Å². The van der Waals surface area contributed by atoms with Gasteiger partial charge in [-0.15, -0.1) is 0 Å². The van der Waals surface area contributed by atoms with Crippen LogP contribution in [0.15, 0.2) is 4.52 Å². The maximum Gasteiger partial charge on any atom is 0.330 e. The number of nitrogens with zero attached hydrogens (tertiary/aromatic N) is 4. The molecule has 6 nitrogen and oxygen atoms in total. The van der Waals surface area contributed by atoms with Crippen molar-refractivity contribution in [1.29, 1.82) is 0 Å². The summed E-state index contributed by atoms with van der Waals surface area (Å²) in [7, 11) is 0. The van der Waals surface area contributed by atoms with Gasteiger partial charge in [-0.05, 0) is 5.53 Å². The van der Waals surface area contributed by atoms with Crippen LogP contribution in [0.3, 0.4) is 0 Å². The molecule has 0 unspecified atom stereocenters. The van der Waals surface area contributed by atoms with E-state index in [2.05, 4.69) is 9.43 Å². The molecule has 0 saturated heterocycles. The van der Waals surface area contributed by atoms with Crippen molar-refractivity contribution in [3.05, 3.63) is 20.6 Å². The highest BCUT2D eigenvalue weighted by molar-refractivity contribution is 7.91. The quantitative estimate of drug-likeness (QED) is 0.136. The molecular weight excluding hydrogens is 120 g/mol. The molecule has 0 N–H and O–H groups in total. The van der Waals surface area contributed by atoms with Crippen molar-refractivity contribution in [1.82, 2.24) is 0 Å². The zero-order chi connectivity index (χ0) is 5.70. The fourth-order valence-corrected chi connectivity index (χ4v) is 0.138. The Morgan fingerprint density at radius 3 is 2.71 bits per heavy atom. The van der Waals surface area contributed by atoms with Gasteiger partial charge in [0.25, 0.3) is 0 Å². The van der Waals surface area contributed by atoms with Crippen molar-refractivity contribution in [2.45, 2.75) is 0 Å². The van der Waals surface area contributed by atoms with Crippen molar-refractivity contribution in [2.75, 3.05) is 0 Å². The summed E-state index contributed by atoms with van der Waals surface area (Å²) in [5, 5.41) is 9.26. The smallest absolute Gasteiger partial charge is 0.250 e. The molecule has 0 aromatic carbocycles. The van der Waals surface area contributed by atoms with Gasteiger partial charge in [0, 0.05) is 9.43 Å². The maximum absolute atomic E-state index is 9.26. The lowest BCUT2D eigenvalue weighted by Gasteiger charge is -1.69. The molecule has 0 fully saturated rings. The Kier molecular flexibility index (Phi) is 2.82. The van der Waals surface area contributed by atoms with Gasteiger partial charge in [-0.2, -0.15) is 0 Å². The van der Waals surface area contributed by atoms with Crippen LogP contribution in [0.5, 0.6) is 0 Å². The van der Waals surface area contributed by atoms with E-state index in [1.54, 1.807) is 0 Å². The minimum atomic E-state index is -0.792. The highest BCUT2D eigenvalue weighted by Crippen LogP contribution is 1.99. The summed E-state index contributed by atoms with van der Waals surface area (Å²) < 4.78 is 1.78. The predicted octanol–water partition coefficient (Wildman–Crippen LogP) is 1.14. The first kappa shape index (κ1) is 6.06. The van der Waals surface area contributed by atoms with E-state index < -0.39 is 4.33 Å². The van der Waals surface area contributed by atoms with E-state index in [9.17, 15) is 10.1 Å². The first-order valence-corrected chi connectivity index (χ1v) is 1.86. The normalized spacial score (nSPS) is 6.86. The van der Waals surface area contributed by atoms with E-state index >= 15 is 0 Å². The van der Waals surface area contributed by atoms with Crippen molar-refractivity contribution >= 4 is 12.1 Å². The number of nitro groups is 1. The van der Waals surface area contributed by atoms with Crippen LogP contribution in [0.1, 0.15) is 0 Å². The third kappa shape index (κ3) is 5.06.